The standard InChI is InChI=1S/C35H52N3O9P/c1-7-26(19-33(39)45-22-46-34(40)27-10-15-30(16-11-27)47-48(42,43)44)28-12-17-32(38(20-23(2)3)21-24(4)5)31(18-28)37-35(41)36-29-13-8-25(6)9-14-29/h8-9,12-14,17-18,23-24,26-27,30H,7,10-11,15-16,19-22H2,1-6H3,(H2,36,37,41)(H2,42,43,44). The third kappa shape index (κ3) is 13.2. The fourth-order valence-corrected chi connectivity index (χ4v) is 6.48. The molecule has 0 bridgehead atoms. The predicted octanol–water partition coefficient (Wildman–Crippen LogP) is 7.35. The van der Waals surface area contributed by atoms with Crippen LogP contribution in [0.4, 0.5) is 21.9 Å². The van der Waals surface area contributed by atoms with Crippen molar-refractivity contribution in [2.45, 2.75) is 92.1 Å². The number of phosphoric acid groups is 1. The number of hydrogen-bond donors (Lipinski definition) is 4. The minimum absolute atomic E-state index is 0.0505. The van der Waals surface area contributed by atoms with Gasteiger partial charge in [0.2, 0.25) is 6.79 Å². The average molecular weight is 690 g/mol. The highest BCUT2D eigenvalue weighted by Gasteiger charge is 2.31. The van der Waals surface area contributed by atoms with E-state index in [-0.39, 0.29) is 18.4 Å². The van der Waals surface area contributed by atoms with Gasteiger partial charge in [0.05, 0.1) is 29.8 Å². The lowest BCUT2D eigenvalue weighted by Gasteiger charge is -2.31. The number of esters is 2. The first-order valence-corrected chi connectivity index (χ1v) is 18.3. The lowest BCUT2D eigenvalue weighted by Crippen LogP contribution is -2.32. The van der Waals surface area contributed by atoms with E-state index in [1.165, 1.54) is 0 Å². The number of phosphoric ester groups is 1. The molecule has 1 atom stereocenters. The Bertz CT molecular complexity index is 1390. The second kappa shape index (κ2) is 18.4. The number of urea groups is 1. The number of carbonyl (C=O) groups is 3. The molecule has 0 saturated heterocycles. The highest BCUT2D eigenvalue weighted by atomic mass is 31.2. The molecule has 4 N–H and O–H groups in total. The van der Waals surface area contributed by atoms with Crippen LogP contribution < -0.4 is 15.5 Å². The van der Waals surface area contributed by atoms with Crippen molar-refractivity contribution in [3.8, 4) is 0 Å². The van der Waals surface area contributed by atoms with Crippen molar-refractivity contribution in [2.24, 2.45) is 17.8 Å². The van der Waals surface area contributed by atoms with Gasteiger partial charge in [0.25, 0.3) is 0 Å². The van der Waals surface area contributed by atoms with Crippen LogP contribution in [-0.2, 0) is 28.2 Å². The summed E-state index contributed by atoms with van der Waals surface area (Å²) in [6.07, 6.45) is 1.42. The van der Waals surface area contributed by atoms with E-state index >= 15 is 0 Å². The molecule has 12 nitrogen and oxygen atoms in total. The molecule has 2 aromatic carbocycles. The van der Waals surface area contributed by atoms with E-state index in [1.807, 2.05) is 56.3 Å². The molecular weight excluding hydrogens is 637 g/mol. The first-order chi connectivity index (χ1) is 22.6. The van der Waals surface area contributed by atoms with Crippen molar-refractivity contribution >= 4 is 42.9 Å². The van der Waals surface area contributed by atoms with E-state index in [9.17, 15) is 18.9 Å². The zero-order valence-corrected chi connectivity index (χ0v) is 29.8. The molecule has 3 rings (SSSR count). The molecule has 0 heterocycles. The van der Waals surface area contributed by atoms with Gasteiger partial charge in [-0.15, -0.1) is 0 Å². The highest BCUT2D eigenvalue weighted by Crippen LogP contribution is 2.42. The number of ether oxygens (including phenoxy) is 2. The molecule has 13 heteroatoms. The van der Waals surface area contributed by atoms with Crippen LogP contribution in [0.25, 0.3) is 0 Å². The number of benzene rings is 2. The molecule has 1 aliphatic rings. The lowest BCUT2D eigenvalue weighted by molar-refractivity contribution is -0.171. The quantitative estimate of drug-likeness (QED) is 0.0796. The van der Waals surface area contributed by atoms with E-state index in [2.05, 4.69) is 43.2 Å². The SMILES string of the molecule is CCC(CC(=O)OCOC(=O)C1CCC(OP(=O)(O)O)CC1)c1ccc(N(CC(C)C)CC(C)C)c(NC(=O)Nc2ccc(C)cc2)c1. The summed E-state index contributed by atoms with van der Waals surface area (Å²) >= 11 is 0. The fourth-order valence-electron chi connectivity index (χ4n) is 5.89. The molecule has 1 aliphatic carbocycles. The van der Waals surface area contributed by atoms with Gasteiger partial charge >= 0.3 is 25.8 Å². The number of nitrogens with one attached hydrogen (secondary N) is 2. The molecule has 1 unspecified atom stereocenters. The van der Waals surface area contributed by atoms with Crippen LogP contribution in [0.5, 0.6) is 0 Å². The molecule has 0 aromatic heterocycles. The van der Waals surface area contributed by atoms with Crippen molar-refractivity contribution in [3.05, 3.63) is 53.6 Å². The Morgan fingerprint density at radius 1 is 0.917 bits per heavy atom. The molecule has 2 amide bonds. The summed E-state index contributed by atoms with van der Waals surface area (Å²) in [7, 11) is -4.58. The number of nitrogens with zero attached hydrogens (tertiary/aromatic N) is 1. The van der Waals surface area contributed by atoms with Gasteiger partial charge in [0.15, 0.2) is 0 Å². The molecule has 48 heavy (non-hydrogen) atoms. The van der Waals surface area contributed by atoms with E-state index in [4.69, 9.17) is 23.8 Å². The number of hydrogen-bond acceptors (Lipinski definition) is 8. The van der Waals surface area contributed by atoms with Crippen LogP contribution in [0.1, 0.15) is 90.2 Å². The summed E-state index contributed by atoms with van der Waals surface area (Å²) in [6.45, 7) is 13.7. The normalized spacial score (nSPS) is 17.1. The van der Waals surface area contributed by atoms with Crippen molar-refractivity contribution in [2.75, 3.05) is 35.4 Å². The summed E-state index contributed by atoms with van der Waals surface area (Å²) in [5.41, 5.74) is 4.16. The smallest absolute Gasteiger partial charge is 0.428 e. The van der Waals surface area contributed by atoms with E-state index < -0.39 is 38.6 Å². The monoisotopic (exact) mass is 689 g/mol. The number of carbonyl (C=O) groups excluding carboxylic acids is 3. The topological polar surface area (TPSA) is 164 Å². The summed E-state index contributed by atoms with van der Waals surface area (Å²) in [4.78, 5) is 58.8. The summed E-state index contributed by atoms with van der Waals surface area (Å²) in [6, 6.07) is 13.1. The van der Waals surface area contributed by atoms with Crippen molar-refractivity contribution in [3.63, 3.8) is 0 Å². The van der Waals surface area contributed by atoms with Crippen LogP contribution in [0, 0.1) is 24.7 Å². The van der Waals surface area contributed by atoms with Crippen molar-refractivity contribution in [1.82, 2.24) is 0 Å². The number of rotatable bonds is 16. The maximum absolute atomic E-state index is 13.2. The minimum Gasteiger partial charge on any atom is -0.428 e. The second-order valence-corrected chi connectivity index (χ2v) is 14.6. The maximum Gasteiger partial charge on any atom is 0.469 e. The van der Waals surface area contributed by atoms with E-state index in [0.29, 0.717) is 55.3 Å². The van der Waals surface area contributed by atoms with Gasteiger partial charge in [-0.1, -0.05) is 58.4 Å². The Morgan fingerprint density at radius 3 is 2.10 bits per heavy atom. The molecule has 266 valence electrons. The Kier molecular flexibility index (Phi) is 14.9. The summed E-state index contributed by atoms with van der Waals surface area (Å²) in [5, 5.41) is 5.96. The number of aryl methyl sites for hydroxylation is 1. The van der Waals surface area contributed by atoms with E-state index in [1.54, 1.807) is 0 Å². The molecule has 0 aliphatic heterocycles. The second-order valence-electron chi connectivity index (χ2n) is 13.4. The lowest BCUT2D eigenvalue weighted by atomic mass is 9.88. The van der Waals surface area contributed by atoms with Gasteiger partial charge in [0, 0.05) is 18.8 Å². The molecule has 1 saturated carbocycles. The van der Waals surface area contributed by atoms with Gasteiger partial charge in [-0.05, 0) is 86.6 Å². The Hall–Kier alpha value is -3.44. The zero-order chi connectivity index (χ0) is 35.4. The molecule has 0 radical (unpaired) electrons. The van der Waals surface area contributed by atoms with Gasteiger partial charge < -0.3 is 34.8 Å². The molecular formula is C35H52N3O9P. The highest BCUT2D eigenvalue weighted by molar-refractivity contribution is 7.46. The van der Waals surface area contributed by atoms with Gasteiger partial charge in [-0.25, -0.2) is 9.36 Å². The predicted molar refractivity (Wildman–Crippen MR) is 186 cm³/mol. The molecule has 2 aromatic rings. The van der Waals surface area contributed by atoms with Gasteiger partial charge in [-0.3, -0.25) is 14.1 Å². The maximum atomic E-state index is 13.2. The van der Waals surface area contributed by atoms with Crippen LogP contribution in [0.15, 0.2) is 42.5 Å². The summed E-state index contributed by atoms with van der Waals surface area (Å²) in [5.74, 6) is -0.931. The molecule has 0 spiro atoms. The Labute approximate surface area is 284 Å². The average Bonchev–Trinajstić information content (AvgIpc) is 2.99. The van der Waals surface area contributed by atoms with Crippen molar-refractivity contribution < 1.29 is 42.7 Å². The van der Waals surface area contributed by atoms with Crippen LogP contribution in [0.3, 0.4) is 0 Å². The summed E-state index contributed by atoms with van der Waals surface area (Å²) < 4.78 is 26.2. The fraction of sp³-hybridized carbons (Fsp3) is 0.571. The largest absolute Gasteiger partial charge is 0.469 e. The third-order valence-corrected chi connectivity index (χ3v) is 8.76. The van der Waals surface area contributed by atoms with Crippen molar-refractivity contribution in [1.29, 1.82) is 0 Å². The van der Waals surface area contributed by atoms with Crippen LogP contribution >= 0.6 is 7.82 Å². The van der Waals surface area contributed by atoms with Crippen LogP contribution in [-0.4, -0.2) is 53.7 Å². The van der Waals surface area contributed by atoms with E-state index in [0.717, 1.165) is 29.9 Å². The molecule has 1 fully saturated rings. The number of amides is 2. The third-order valence-electron chi connectivity index (χ3n) is 8.18. The Balaban J connectivity index is 1.67. The van der Waals surface area contributed by atoms with Gasteiger partial charge in [0.1, 0.15) is 0 Å². The zero-order valence-electron chi connectivity index (χ0n) is 28.9. The minimum atomic E-state index is -4.58. The van der Waals surface area contributed by atoms with Gasteiger partial charge in [-0.2, -0.15) is 0 Å². The first-order valence-electron chi connectivity index (χ1n) is 16.7. The number of anilines is 3. The first kappa shape index (κ1) is 39.0. The Morgan fingerprint density at radius 2 is 1.54 bits per heavy atom. The van der Waals surface area contributed by atoms with Crippen LogP contribution in [0.2, 0.25) is 0 Å².